The fourth-order valence-corrected chi connectivity index (χ4v) is 3.02. The Morgan fingerprint density at radius 3 is 2.57 bits per heavy atom. The van der Waals surface area contributed by atoms with Crippen LogP contribution in [0.15, 0.2) is 29.2 Å². The first-order valence-electron chi connectivity index (χ1n) is 7.03. The van der Waals surface area contributed by atoms with Gasteiger partial charge < -0.3 is 10.6 Å². The van der Waals surface area contributed by atoms with Gasteiger partial charge in [0.25, 0.3) is 5.69 Å². The summed E-state index contributed by atoms with van der Waals surface area (Å²) in [6.45, 7) is 0.780. The van der Waals surface area contributed by atoms with Gasteiger partial charge in [0.05, 0.1) is 4.92 Å². The van der Waals surface area contributed by atoms with E-state index in [0.29, 0.717) is 12.8 Å². The quantitative estimate of drug-likeness (QED) is 0.311. The maximum Gasteiger partial charge on any atom is 0.289 e. The summed E-state index contributed by atoms with van der Waals surface area (Å²) in [4.78, 5) is 21.2. The number of benzene rings is 1. The molecule has 1 amide bonds. The van der Waals surface area contributed by atoms with E-state index < -0.39 is 25.5 Å². The molecule has 0 fully saturated rings. The van der Waals surface area contributed by atoms with Crippen LogP contribution in [0.25, 0.3) is 0 Å². The van der Waals surface area contributed by atoms with Crippen molar-refractivity contribution in [3.05, 3.63) is 34.4 Å². The third kappa shape index (κ3) is 6.30. The number of carbonyl (C=O) groups excluding carboxylic acids is 1. The molecule has 0 atom stereocenters. The molecule has 0 heterocycles. The molecule has 0 bridgehead atoms. The maximum atomic E-state index is 12.1. The molecule has 9 nitrogen and oxygen atoms in total. The summed E-state index contributed by atoms with van der Waals surface area (Å²) < 4.78 is 26.4. The zero-order valence-corrected chi connectivity index (χ0v) is 13.6. The summed E-state index contributed by atoms with van der Waals surface area (Å²) in [7, 11) is -2.22. The Morgan fingerprint density at radius 1 is 1.22 bits per heavy atom. The molecule has 128 valence electrons. The minimum atomic E-state index is -4.01. The molecule has 0 aromatic heterocycles. The van der Waals surface area contributed by atoms with E-state index in [0.717, 1.165) is 18.7 Å². The molecule has 1 rings (SSSR count). The van der Waals surface area contributed by atoms with Crippen LogP contribution >= 0.6 is 0 Å². The number of nitro benzene ring substituents is 1. The highest BCUT2D eigenvalue weighted by atomic mass is 32.2. The second kappa shape index (κ2) is 9.18. The van der Waals surface area contributed by atoms with Gasteiger partial charge in [-0.3, -0.25) is 14.9 Å². The van der Waals surface area contributed by atoms with Crippen LogP contribution in [0, 0.1) is 10.1 Å². The molecule has 23 heavy (non-hydrogen) atoms. The van der Waals surface area contributed by atoms with Crippen molar-refractivity contribution < 1.29 is 18.1 Å². The lowest BCUT2D eigenvalue weighted by molar-refractivity contribution is -0.387. The summed E-state index contributed by atoms with van der Waals surface area (Å²) in [6, 6.07) is 5.09. The van der Waals surface area contributed by atoms with Gasteiger partial charge in [0.15, 0.2) is 4.90 Å². The molecule has 0 spiro atoms. The second-order valence-electron chi connectivity index (χ2n) is 4.68. The number of nitro groups is 1. The lowest BCUT2D eigenvalue weighted by Gasteiger charge is -2.08. The van der Waals surface area contributed by atoms with Gasteiger partial charge in [-0.25, -0.2) is 13.1 Å². The Kier molecular flexibility index (Phi) is 7.59. The minimum Gasteiger partial charge on any atom is -0.355 e. The molecule has 0 saturated carbocycles. The van der Waals surface area contributed by atoms with E-state index in [4.69, 9.17) is 0 Å². The van der Waals surface area contributed by atoms with Crippen LogP contribution in [0.2, 0.25) is 0 Å². The first kappa shape index (κ1) is 19.0. The zero-order valence-electron chi connectivity index (χ0n) is 12.7. The van der Waals surface area contributed by atoms with E-state index >= 15 is 0 Å². The Hall–Kier alpha value is -2.04. The minimum absolute atomic E-state index is 0.0495. The molecular weight excluding hydrogens is 324 g/mol. The van der Waals surface area contributed by atoms with Crippen molar-refractivity contribution >= 4 is 21.6 Å². The fourth-order valence-electron chi connectivity index (χ4n) is 1.81. The third-order valence-corrected chi connectivity index (χ3v) is 4.43. The van der Waals surface area contributed by atoms with Gasteiger partial charge in [0.2, 0.25) is 15.9 Å². The summed E-state index contributed by atoms with van der Waals surface area (Å²) in [5.41, 5.74) is -0.490. The molecule has 10 heteroatoms. The van der Waals surface area contributed by atoms with Crippen LogP contribution in [0.1, 0.15) is 12.8 Å². The van der Waals surface area contributed by atoms with Gasteiger partial charge in [-0.1, -0.05) is 12.1 Å². The lowest BCUT2D eigenvalue weighted by atomic mass is 10.3. The van der Waals surface area contributed by atoms with Crippen molar-refractivity contribution in [2.24, 2.45) is 0 Å². The highest BCUT2D eigenvalue weighted by molar-refractivity contribution is 7.89. The number of carbonyl (C=O) groups is 1. The largest absolute Gasteiger partial charge is 0.355 e. The third-order valence-electron chi connectivity index (χ3n) is 2.92. The predicted octanol–water partition coefficient (Wildman–Crippen LogP) is -0.0111. The molecule has 0 aliphatic carbocycles. The van der Waals surface area contributed by atoms with Crippen LogP contribution in [0.5, 0.6) is 0 Å². The number of hydrogen-bond acceptors (Lipinski definition) is 6. The molecule has 1 aromatic rings. The van der Waals surface area contributed by atoms with Crippen molar-refractivity contribution in [2.45, 2.75) is 17.7 Å². The van der Waals surface area contributed by atoms with Gasteiger partial charge >= 0.3 is 0 Å². The number of nitrogens with one attached hydrogen (secondary N) is 3. The number of sulfonamides is 1. The summed E-state index contributed by atoms with van der Waals surface area (Å²) >= 11 is 0. The van der Waals surface area contributed by atoms with Crippen molar-refractivity contribution in [1.29, 1.82) is 0 Å². The average Bonchev–Trinajstić information content (AvgIpc) is 2.52. The smallest absolute Gasteiger partial charge is 0.289 e. The molecule has 1 aromatic carbocycles. The molecular formula is C13H20N4O5S. The zero-order chi connectivity index (χ0) is 17.3. The van der Waals surface area contributed by atoms with E-state index in [2.05, 4.69) is 15.4 Å². The highest BCUT2D eigenvalue weighted by Crippen LogP contribution is 2.22. The first-order chi connectivity index (χ1) is 10.9. The van der Waals surface area contributed by atoms with Crippen molar-refractivity contribution in [3.8, 4) is 0 Å². The fraction of sp³-hybridized carbons (Fsp3) is 0.462. The normalized spacial score (nSPS) is 11.2. The van der Waals surface area contributed by atoms with E-state index in [1.807, 2.05) is 0 Å². The molecule has 0 unspecified atom stereocenters. The average molecular weight is 344 g/mol. The van der Waals surface area contributed by atoms with E-state index in [1.165, 1.54) is 12.1 Å². The van der Waals surface area contributed by atoms with Crippen molar-refractivity contribution in [3.63, 3.8) is 0 Å². The number of amides is 1. The summed E-state index contributed by atoms with van der Waals surface area (Å²) in [5, 5.41) is 16.4. The first-order valence-corrected chi connectivity index (χ1v) is 8.51. The van der Waals surface area contributed by atoms with Gasteiger partial charge in [0.1, 0.15) is 0 Å². The highest BCUT2D eigenvalue weighted by Gasteiger charge is 2.24. The Morgan fingerprint density at radius 2 is 1.91 bits per heavy atom. The van der Waals surface area contributed by atoms with Gasteiger partial charge in [-0.05, 0) is 26.1 Å². The van der Waals surface area contributed by atoms with E-state index in [1.54, 1.807) is 7.05 Å². The van der Waals surface area contributed by atoms with Crippen LogP contribution in [0.4, 0.5) is 5.69 Å². The predicted molar refractivity (Wildman–Crippen MR) is 84.5 cm³/mol. The molecule has 0 radical (unpaired) electrons. The number of hydrogen-bond donors (Lipinski definition) is 3. The molecule has 0 aliphatic rings. The lowest BCUT2D eigenvalue weighted by Crippen LogP contribution is -2.35. The Labute approximate surface area is 134 Å². The van der Waals surface area contributed by atoms with Crippen LogP contribution in [-0.2, 0) is 14.8 Å². The van der Waals surface area contributed by atoms with Crippen molar-refractivity contribution in [1.82, 2.24) is 15.4 Å². The topological polar surface area (TPSA) is 130 Å². The summed E-state index contributed by atoms with van der Waals surface area (Å²) in [6.07, 6.45) is 1.03. The van der Waals surface area contributed by atoms with Gasteiger partial charge in [0, 0.05) is 25.6 Å². The molecule has 0 saturated heterocycles. The maximum absolute atomic E-state index is 12.1. The Bertz CT molecular complexity index is 648. The molecule has 3 N–H and O–H groups in total. The van der Waals surface area contributed by atoms with Gasteiger partial charge in [-0.2, -0.15) is 0 Å². The number of nitrogens with zero attached hydrogens (tertiary/aromatic N) is 1. The van der Waals surface area contributed by atoms with Crippen LogP contribution < -0.4 is 15.4 Å². The van der Waals surface area contributed by atoms with Crippen LogP contribution in [0.3, 0.4) is 0 Å². The molecule has 0 aliphatic heterocycles. The monoisotopic (exact) mass is 344 g/mol. The Balaban J connectivity index is 2.51. The number of rotatable bonds is 10. The van der Waals surface area contributed by atoms with Gasteiger partial charge in [-0.15, -0.1) is 0 Å². The summed E-state index contributed by atoms with van der Waals surface area (Å²) in [5.74, 6) is -0.176. The van der Waals surface area contributed by atoms with E-state index in [-0.39, 0.29) is 19.0 Å². The standard InChI is InChI=1S/C13H20N4O5S/c1-14-8-4-7-13(18)15-9-10-16-23(21,22)12-6-3-2-5-11(12)17(19)20/h2-3,5-6,14,16H,4,7-10H2,1H3,(H,15,18). The van der Waals surface area contributed by atoms with E-state index in [9.17, 15) is 23.3 Å². The van der Waals surface area contributed by atoms with Crippen LogP contribution in [-0.4, -0.2) is 45.9 Å². The van der Waals surface area contributed by atoms with Crippen molar-refractivity contribution in [2.75, 3.05) is 26.7 Å². The SMILES string of the molecule is CNCCCC(=O)NCCNS(=O)(=O)c1ccccc1[N+](=O)[O-]. The number of para-hydroxylation sites is 1. The second-order valence-corrected chi connectivity index (χ2v) is 6.42.